The molecule has 0 aliphatic carbocycles. The lowest BCUT2D eigenvalue weighted by molar-refractivity contribution is -0.158. The van der Waals surface area contributed by atoms with Gasteiger partial charge in [-0.1, -0.05) is 25.8 Å². The molecule has 0 spiro atoms. The molecular weight excluding hydrogens is 701 g/mol. The summed E-state index contributed by atoms with van der Waals surface area (Å²) in [6.45, 7) is 4.45. The minimum atomic E-state index is -1.72. The Balaban J connectivity index is 1.67. The minimum absolute atomic E-state index is 0.0861. The normalized spacial score (nSPS) is 25.2. The first kappa shape index (κ1) is 40.8. The molecular formula is C36H47F3N6O8. The van der Waals surface area contributed by atoms with E-state index in [0.29, 0.717) is 31.4 Å². The fraction of sp³-hybridized carbons (Fsp3) is 0.583. The second-order valence-corrected chi connectivity index (χ2v) is 13.6. The number of nitrogens with one attached hydrogen (secondary N) is 3. The number of likely N-dealkylation sites (N-methyl/N-ethyl adjacent to an activating group) is 1. The SMILES string of the molecule is CCCCC=CC(=O)N[C@@H](Cc1cc(F)c(F)c(F)c1)C(=O)N[C@H]1COC(=O)[C@@H]2CCCN2C(=O)[C@H](C)NC(=O)[C@H](C)N(C)C(=O)[C@@H]2CCCN2C1=O. The van der Waals surface area contributed by atoms with Crippen LogP contribution in [-0.2, 0) is 44.7 Å². The monoisotopic (exact) mass is 748 g/mol. The Morgan fingerprint density at radius 1 is 0.962 bits per heavy atom. The zero-order valence-electron chi connectivity index (χ0n) is 30.3. The van der Waals surface area contributed by atoms with Gasteiger partial charge in [-0.25, -0.2) is 18.0 Å². The number of benzene rings is 1. The van der Waals surface area contributed by atoms with Crippen molar-refractivity contribution < 1.29 is 51.5 Å². The van der Waals surface area contributed by atoms with E-state index in [-0.39, 0.29) is 31.5 Å². The predicted molar refractivity (Wildman–Crippen MR) is 183 cm³/mol. The molecule has 0 aromatic heterocycles. The highest BCUT2D eigenvalue weighted by Gasteiger charge is 2.43. The standard InChI is InChI=1S/C36H47F3N6O8/c1-5-6-7-8-13-29(46)41-25(18-22-16-23(37)30(39)24(38)17-22)32(48)42-26-19-53-36(52)28-12-10-15-45(28)33(49)20(2)40-31(47)21(3)43(4)35(51)27-11-9-14-44(27)34(26)50/h8,13,16-17,20-21,25-28H,5-7,9-12,14-15,18-19H2,1-4H3,(H,40,47)(H,41,46)(H,42,48)/t20-,21-,25-,26-,27-,28-/m0/s1. The van der Waals surface area contributed by atoms with Gasteiger partial charge >= 0.3 is 5.97 Å². The van der Waals surface area contributed by atoms with Crippen LogP contribution in [0.4, 0.5) is 13.2 Å². The number of esters is 1. The summed E-state index contributed by atoms with van der Waals surface area (Å²) in [5.41, 5.74) is -0.181. The molecule has 14 nitrogen and oxygen atoms in total. The number of rotatable bonds is 9. The molecule has 1 aromatic rings. The molecule has 3 aliphatic heterocycles. The van der Waals surface area contributed by atoms with Crippen LogP contribution in [0, 0.1) is 17.5 Å². The van der Waals surface area contributed by atoms with Gasteiger partial charge in [-0.15, -0.1) is 0 Å². The van der Waals surface area contributed by atoms with Gasteiger partial charge in [0.15, 0.2) is 17.5 Å². The molecule has 0 bridgehead atoms. The number of cyclic esters (lactones) is 1. The van der Waals surface area contributed by atoms with E-state index in [1.807, 2.05) is 6.92 Å². The lowest BCUT2D eigenvalue weighted by Crippen LogP contribution is -2.60. The average molecular weight is 749 g/mol. The fourth-order valence-corrected chi connectivity index (χ4v) is 6.62. The second-order valence-electron chi connectivity index (χ2n) is 13.6. The van der Waals surface area contributed by atoms with Gasteiger partial charge in [0.2, 0.25) is 35.4 Å². The van der Waals surface area contributed by atoms with Crippen molar-refractivity contribution in [2.75, 3.05) is 26.7 Å². The van der Waals surface area contributed by atoms with Crippen molar-refractivity contribution in [3.63, 3.8) is 0 Å². The van der Waals surface area contributed by atoms with Crippen molar-refractivity contribution in [3.05, 3.63) is 47.3 Å². The molecule has 53 heavy (non-hydrogen) atoms. The van der Waals surface area contributed by atoms with Crippen LogP contribution in [0.15, 0.2) is 24.3 Å². The Labute approximate surface area is 305 Å². The van der Waals surface area contributed by atoms with Crippen LogP contribution in [0.3, 0.4) is 0 Å². The Kier molecular flexibility index (Phi) is 14.0. The lowest BCUT2D eigenvalue weighted by atomic mass is 10.0. The number of fused-ring (bicyclic) bond motifs is 2. The first-order valence-corrected chi connectivity index (χ1v) is 17.9. The van der Waals surface area contributed by atoms with Crippen LogP contribution in [-0.4, -0.2) is 119 Å². The highest BCUT2D eigenvalue weighted by molar-refractivity contribution is 5.98. The lowest BCUT2D eigenvalue weighted by Gasteiger charge is -2.34. The third-order valence-corrected chi connectivity index (χ3v) is 9.78. The zero-order valence-corrected chi connectivity index (χ0v) is 30.3. The summed E-state index contributed by atoms with van der Waals surface area (Å²) in [4.78, 5) is 98.2. The Morgan fingerprint density at radius 2 is 1.58 bits per heavy atom. The van der Waals surface area contributed by atoms with Crippen LogP contribution in [0.2, 0.25) is 0 Å². The van der Waals surface area contributed by atoms with Gasteiger partial charge in [-0.05, 0) is 69.7 Å². The largest absolute Gasteiger partial charge is 0.461 e. The Morgan fingerprint density at radius 3 is 2.23 bits per heavy atom. The summed E-state index contributed by atoms with van der Waals surface area (Å²) in [5, 5.41) is 7.55. The quantitative estimate of drug-likeness (QED) is 0.147. The highest BCUT2D eigenvalue weighted by atomic mass is 19.2. The van der Waals surface area contributed by atoms with E-state index >= 15 is 0 Å². The highest BCUT2D eigenvalue weighted by Crippen LogP contribution is 2.24. The number of hydrogen-bond donors (Lipinski definition) is 3. The molecule has 3 aliphatic rings. The van der Waals surface area contributed by atoms with Gasteiger partial charge in [0.05, 0.1) is 0 Å². The summed E-state index contributed by atoms with van der Waals surface area (Å²) in [6, 6.07) is -6.00. The molecule has 3 N–H and O–H groups in total. The summed E-state index contributed by atoms with van der Waals surface area (Å²) in [6.07, 6.45) is 5.77. The maximum atomic E-state index is 14.2. The van der Waals surface area contributed by atoms with E-state index in [4.69, 9.17) is 4.74 Å². The molecule has 3 fully saturated rings. The smallest absolute Gasteiger partial charge is 0.328 e. The molecule has 3 heterocycles. The Bertz CT molecular complexity index is 1600. The van der Waals surface area contributed by atoms with Crippen molar-refractivity contribution >= 4 is 41.4 Å². The third kappa shape index (κ3) is 9.93. The van der Waals surface area contributed by atoms with Crippen LogP contribution in [0.5, 0.6) is 0 Å². The number of allylic oxidation sites excluding steroid dienone is 1. The first-order valence-electron chi connectivity index (χ1n) is 17.9. The van der Waals surface area contributed by atoms with E-state index < -0.39 is 108 Å². The third-order valence-electron chi connectivity index (χ3n) is 9.78. The van der Waals surface area contributed by atoms with Crippen molar-refractivity contribution in [2.45, 2.75) is 108 Å². The molecule has 1 aromatic carbocycles. The summed E-state index contributed by atoms with van der Waals surface area (Å²) in [7, 11) is 1.39. The van der Waals surface area contributed by atoms with E-state index in [1.54, 1.807) is 6.08 Å². The van der Waals surface area contributed by atoms with Gasteiger partial charge < -0.3 is 35.4 Å². The first-order chi connectivity index (χ1) is 25.1. The van der Waals surface area contributed by atoms with Gasteiger partial charge in [-0.3, -0.25) is 28.8 Å². The van der Waals surface area contributed by atoms with Gasteiger partial charge in [-0.2, -0.15) is 0 Å². The summed E-state index contributed by atoms with van der Waals surface area (Å²) < 4.78 is 47.6. The summed E-state index contributed by atoms with van der Waals surface area (Å²) >= 11 is 0. The van der Waals surface area contributed by atoms with E-state index in [1.165, 1.54) is 41.7 Å². The van der Waals surface area contributed by atoms with Crippen molar-refractivity contribution in [1.29, 1.82) is 0 Å². The number of halogens is 3. The van der Waals surface area contributed by atoms with Crippen LogP contribution >= 0.6 is 0 Å². The van der Waals surface area contributed by atoms with Gasteiger partial charge in [0, 0.05) is 26.6 Å². The molecule has 290 valence electrons. The zero-order chi connectivity index (χ0) is 39.0. The van der Waals surface area contributed by atoms with Gasteiger partial charge in [0.1, 0.15) is 42.9 Å². The number of ether oxygens (including phenoxy) is 1. The molecule has 4 rings (SSSR count). The van der Waals surface area contributed by atoms with Crippen molar-refractivity contribution in [1.82, 2.24) is 30.7 Å². The fourth-order valence-electron chi connectivity index (χ4n) is 6.62. The molecule has 0 saturated carbocycles. The predicted octanol–water partition coefficient (Wildman–Crippen LogP) is 1.25. The minimum Gasteiger partial charge on any atom is -0.461 e. The number of carbonyl (C=O) groups is 7. The Hall–Kier alpha value is -4.96. The van der Waals surface area contributed by atoms with E-state index in [9.17, 15) is 46.7 Å². The molecule has 0 radical (unpaired) electrons. The molecule has 17 heteroatoms. The number of hydrogen-bond acceptors (Lipinski definition) is 8. The molecule has 3 saturated heterocycles. The van der Waals surface area contributed by atoms with Crippen LogP contribution < -0.4 is 16.0 Å². The average Bonchev–Trinajstić information content (AvgIpc) is 3.82. The van der Waals surface area contributed by atoms with E-state index in [2.05, 4.69) is 16.0 Å². The summed E-state index contributed by atoms with van der Waals surface area (Å²) in [5.74, 6) is -9.91. The number of unbranched alkanes of at least 4 members (excludes halogenated alkanes) is 2. The van der Waals surface area contributed by atoms with Crippen molar-refractivity contribution in [3.8, 4) is 0 Å². The second kappa shape index (κ2) is 18.2. The molecule has 6 amide bonds. The molecule has 6 atom stereocenters. The van der Waals surface area contributed by atoms with E-state index in [0.717, 1.165) is 12.8 Å². The number of carbonyl (C=O) groups excluding carboxylic acids is 7. The van der Waals surface area contributed by atoms with Gasteiger partial charge in [0.25, 0.3) is 0 Å². The van der Waals surface area contributed by atoms with Crippen LogP contribution in [0.1, 0.15) is 71.3 Å². The number of amides is 6. The molecule has 0 unspecified atom stereocenters. The van der Waals surface area contributed by atoms with Crippen LogP contribution in [0.25, 0.3) is 0 Å². The maximum absolute atomic E-state index is 14.2. The number of nitrogens with zero attached hydrogens (tertiary/aromatic N) is 3. The topological polar surface area (TPSA) is 175 Å². The van der Waals surface area contributed by atoms with Crippen molar-refractivity contribution in [2.24, 2.45) is 0 Å². The maximum Gasteiger partial charge on any atom is 0.328 e.